The highest BCUT2D eigenvalue weighted by atomic mass is 32.2. The molecule has 0 aromatic heterocycles. The topological polar surface area (TPSA) is 77.0 Å². The van der Waals surface area contributed by atoms with Crippen molar-refractivity contribution in [2.45, 2.75) is 71.8 Å². The largest absolute Gasteiger partial charge is 0.408 e. The number of aryl methyl sites for hydroxylation is 1. The summed E-state index contributed by atoms with van der Waals surface area (Å²) in [5.74, 6) is 3.05. The summed E-state index contributed by atoms with van der Waals surface area (Å²) >= 11 is 0.773. The van der Waals surface area contributed by atoms with E-state index in [4.69, 9.17) is 9.39 Å². The molecule has 2 fully saturated rings. The van der Waals surface area contributed by atoms with Crippen LogP contribution in [0.2, 0.25) is 0 Å². The molecule has 0 saturated heterocycles. The van der Waals surface area contributed by atoms with Crippen LogP contribution in [-0.2, 0) is 0 Å². The number of nitrogens with zero attached hydrogens (tertiary/aromatic N) is 1. The molecule has 7 rings (SSSR count). The van der Waals surface area contributed by atoms with Gasteiger partial charge in [-0.3, -0.25) is 0 Å². The molecule has 214 valence electrons. The fourth-order valence-corrected chi connectivity index (χ4v) is 8.83. The van der Waals surface area contributed by atoms with Crippen LogP contribution < -0.4 is 19.3 Å². The Hall–Kier alpha value is -2.45. The van der Waals surface area contributed by atoms with E-state index < -0.39 is 0 Å². The lowest BCUT2D eigenvalue weighted by Crippen LogP contribution is -2.51. The third-order valence-electron chi connectivity index (χ3n) is 10.7. The summed E-state index contributed by atoms with van der Waals surface area (Å²) in [6.45, 7) is 7.98. The number of hydrogen-bond donors (Lipinski definition) is 4. The molecule has 7 heteroatoms. The van der Waals surface area contributed by atoms with Crippen LogP contribution in [0.25, 0.3) is 0 Å². The Morgan fingerprint density at radius 2 is 1.75 bits per heavy atom. The summed E-state index contributed by atoms with van der Waals surface area (Å²) in [6, 6.07) is 16.3. The van der Waals surface area contributed by atoms with Crippen molar-refractivity contribution in [2.75, 3.05) is 16.9 Å². The van der Waals surface area contributed by atoms with E-state index in [0.717, 1.165) is 49.5 Å². The van der Waals surface area contributed by atoms with Crippen LogP contribution in [0.15, 0.2) is 72.0 Å². The molecule has 6 unspecified atom stereocenters. The summed E-state index contributed by atoms with van der Waals surface area (Å²) in [5, 5.41) is 22.0. The molecule has 0 amide bonds. The van der Waals surface area contributed by atoms with E-state index in [-0.39, 0.29) is 11.5 Å². The van der Waals surface area contributed by atoms with Gasteiger partial charge in [-0.15, -0.1) is 4.89 Å². The highest BCUT2D eigenvalue weighted by Gasteiger charge is 2.57. The maximum absolute atomic E-state index is 10.2. The second-order valence-corrected chi connectivity index (χ2v) is 13.3. The lowest BCUT2D eigenvalue weighted by atomic mass is 9.47. The first-order valence-electron chi connectivity index (χ1n) is 14.8. The van der Waals surface area contributed by atoms with Gasteiger partial charge >= 0.3 is 0 Å². The first-order chi connectivity index (χ1) is 19.3. The van der Waals surface area contributed by atoms with E-state index in [1.54, 1.807) is 11.3 Å². The number of rotatable bonds is 4. The summed E-state index contributed by atoms with van der Waals surface area (Å²) < 4.78 is 4.97. The minimum Gasteiger partial charge on any atom is -0.408 e. The maximum atomic E-state index is 10.2. The number of aliphatic hydroxyl groups is 1. The van der Waals surface area contributed by atoms with Crippen LogP contribution in [0, 0.1) is 35.5 Å². The lowest BCUT2D eigenvalue weighted by molar-refractivity contribution is -0.0298. The van der Waals surface area contributed by atoms with Gasteiger partial charge in [0.1, 0.15) is 5.75 Å². The fourth-order valence-electron chi connectivity index (χ4n) is 8.59. The lowest BCUT2D eigenvalue weighted by Gasteiger charge is -2.58. The van der Waals surface area contributed by atoms with Crippen LogP contribution in [0.4, 0.5) is 11.4 Å². The molecule has 6 atom stereocenters. The highest BCUT2D eigenvalue weighted by Crippen LogP contribution is 2.65. The molecule has 4 N–H and O–H groups in total. The molecule has 40 heavy (non-hydrogen) atoms. The van der Waals surface area contributed by atoms with Crippen molar-refractivity contribution in [3.63, 3.8) is 0 Å². The van der Waals surface area contributed by atoms with Crippen molar-refractivity contribution in [3.05, 3.63) is 77.5 Å². The molecule has 2 saturated carbocycles. The number of hydrogen-bond acceptors (Lipinski definition) is 7. The number of benzene rings is 2. The molecule has 0 bridgehead atoms. The predicted octanol–water partition coefficient (Wildman–Crippen LogP) is 7.61. The van der Waals surface area contributed by atoms with E-state index in [1.807, 2.05) is 36.1 Å². The zero-order chi connectivity index (χ0) is 27.9. The standard InChI is InChI=1S/C26H34N2O.C7H9NO2S/c1-25-13-11-18(29)15-17(25)7-8-19-20-9-10-24(26(20,2)14-12-21(19)25)28-16-27-22-5-3-4-6-23(22)28;1-6-2-4-7(5-3-6)10-11-8-9/h3-7,10,18-21,27,29H,8-9,11-16H2,1-2H3;2-5,8-9H,1H3. The average molecular weight is 562 g/mol. The van der Waals surface area contributed by atoms with Crippen LogP contribution >= 0.6 is 12.2 Å². The van der Waals surface area contributed by atoms with Crippen LogP contribution in [0.3, 0.4) is 0 Å². The Bertz CT molecular complexity index is 1280. The minimum absolute atomic E-state index is 0.109. The van der Waals surface area contributed by atoms with Crippen molar-refractivity contribution in [2.24, 2.45) is 28.6 Å². The first-order valence-corrected chi connectivity index (χ1v) is 15.6. The number of anilines is 2. The summed E-state index contributed by atoms with van der Waals surface area (Å²) in [4.78, 5) is 4.38. The zero-order valence-corrected chi connectivity index (χ0v) is 24.7. The van der Waals surface area contributed by atoms with E-state index in [0.29, 0.717) is 11.2 Å². The van der Waals surface area contributed by atoms with Gasteiger partial charge in [-0.2, -0.15) is 0 Å². The zero-order valence-electron chi connectivity index (χ0n) is 23.9. The van der Waals surface area contributed by atoms with Gasteiger partial charge in [-0.05, 0) is 99.3 Å². The average Bonchev–Trinajstić information content (AvgIpc) is 3.54. The Balaban J connectivity index is 0.000000223. The molecule has 0 radical (unpaired) electrons. The van der Waals surface area contributed by atoms with E-state index in [2.05, 4.69) is 60.5 Å². The van der Waals surface area contributed by atoms with Crippen molar-refractivity contribution in [1.29, 1.82) is 0 Å². The van der Waals surface area contributed by atoms with E-state index >= 15 is 0 Å². The first kappa shape index (κ1) is 27.7. The van der Waals surface area contributed by atoms with Crippen molar-refractivity contribution >= 4 is 23.6 Å². The van der Waals surface area contributed by atoms with Crippen molar-refractivity contribution in [3.8, 4) is 5.75 Å². The van der Waals surface area contributed by atoms with Crippen LogP contribution in [-0.4, -0.2) is 23.1 Å². The van der Waals surface area contributed by atoms with Gasteiger partial charge in [-0.1, -0.05) is 61.4 Å². The van der Waals surface area contributed by atoms with Crippen molar-refractivity contribution < 1.29 is 14.5 Å². The number of nitrogens with one attached hydrogen (secondary N) is 2. The van der Waals surface area contributed by atoms with Crippen LogP contribution in [0.5, 0.6) is 5.75 Å². The third-order valence-corrected chi connectivity index (χ3v) is 11.1. The third kappa shape index (κ3) is 4.85. The number of allylic oxidation sites excluding steroid dienone is 3. The SMILES string of the molecule is CC12CCC(O)CC1=CCC1C2CCC2(C)C(N3CNc4ccccc43)=CCC12.Cc1ccc(OSNO)cc1. The molecule has 0 spiro atoms. The summed E-state index contributed by atoms with van der Waals surface area (Å²) in [7, 11) is 0. The maximum Gasteiger partial charge on any atom is 0.170 e. The van der Waals surface area contributed by atoms with Gasteiger partial charge in [-0.25, -0.2) is 0 Å². The Morgan fingerprint density at radius 1 is 0.975 bits per heavy atom. The van der Waals surface area contributed by atoms with E-state index in [9.17, 15) is 5.11 Å². The Kier molecular flexibility index (Phi) is 7.68. The van der Waals surface area contributed by atoms with Gasteiger partial charge in [0, 0.05) is 11.1 Å². The monoisotopic (exact) mass is 561 g/mol. The number of fused-ring (bicyclic) bond motifs is 6. The minimum atomic E-state index is -0.109. The normalized spacial score (nSPS) is 33.7. The fraction of sp³-hybridized carbons (Fsp3) is 0.515. The molecular weight excluding hydrogens is 518 g/mol. The van der Waals surface area contributed by atoms with Gasteiger partial charge in [0.15, 0.2) is 12.2 Å². The Labute approximate surface area is 243 Å². The van der Waals surface area contributed by atoms with Crippen molar-refractivity contribution in [1.82, 2.24) is 4.89 Å². The summed E-state index contributed by atoms with van der Waals surface area (Å²) in [6.07, 6.45) is 13.2. The summed E-state index contributed by atoms with van der Waals surface area (Å²) in [5.41, 5.74) is 7.56. The second kappa shape index (κ2) is 11.1. The van der Waals surface area contributed by atoms with E-state index in [1.165, 1.54) is 49.0 Å². The van der Waals surface area contributed by atoms with Gasteiger partial charge in [0.2, 0.25) is 0 Å². The molecule has 6 nitrogen and oxygen atoms in total. The molecular formula is C33H43N3O3S. The predicted molar refractivity (Wildman–Crippen MR) is 163 cm³/mol. The smallest absolute Gasteiger partial charge is 0.170 e. The molecule has 2 aromatic rings. The van der Waals surface area contributed by atoms with Crippen LogP contribution in [0.1, 0.15) is 64.4 Å². The van der Waals surface area contributed by atoms with Gasteiger partial charge in [0.25, 0.3) is 0 Å². The number of para-hydroxylation sites is 2. The quantitative estimate of drug-likeness (QED) is 0.132. The van der Waals surface area contributed by atoms with Gasteiger partial charge < -0.3 is 24.7 Å². The Morgan fingerprint density at radius 3 is 2.55 bits per heavy atom. The molecule has 1 heterocycles. The molecule has 2 aromatic carbocycles. The molecule has 5 aliphatic rings. The molecule has 1 aliphatic heterocycles. The second-order valence-electron chi connectivity index (χ2n) is 12.8. The van der Waals surface area contributed by atoms with Gasteiger partial charge in [0.05, 0.1) is 24.1 Å². The highest BCUT2D eigenvalue weighted by molar-refractivity contribution is 7.92. The number of aliphatic hydroxyl groups excluding tert-OH is 1. The molecule has 4 aliphatic carbocycles.